The second-order valence-electron chi connectivity index (χ2n) is 4.23. The van der Waals surface area contributed by atoms with Gasteiger partial charge in [-0.15, -0.1) is 4.37 Å². The maximum absolute atomic E-state index is 5.62. The molecule has 18 heavy (non-hydrogen) atoms. The van der Waals surface area contributed by atoms with Gasteiger partial charge in [0.05, 0.1) is 18.3 Å². The first-order valence-electron chi connectivity index (χ1n) is 6.28. The number of hydrogen-bond acceptors (Lipinski definition) is 7. The van der Waals surface area contributed by atoms with Crippen LogP contribution in [-0.4, -0.2) is 66.7 Å². The molecule has 1 saturated heterocycles. The van der Waals surface area contributed by atoms with Crippen molar-refractivity contribution in [2.75, 3.05) is 57.9 Å². The van der Waals surface area contributed by atoms with Crippen LogP contribution in [0.2, 0.25) is 0 Å². The lowest BCUT2D eigenvalue weighted by Gasteiger charge is -2.32. The Morgan fingerprint density at radius 3 is 2.67 bits per heavy atom. The molecule has 0 aromatic carbocycles. The van der Waals surface area contributed by atoms with E-state index in [9.17, 15) is 0 Å². The van der Waals surface area contributed by atoms with Crippen molar-refractivity contribution < 1.29 is 9.47 Å². The quantitative estimate of drug-likeness (QED) is 0.711. The minimum atomic E-state index is 0.528. The topological polar surface area (TPSA) is 50.7 Å². The average Bonchev–Trinajstić information content (AvgIpc) is 2.84. The van der Waals surface area contributed by atoms with Gasteiger partial charge in [-0.05, 0) is 14.0 Å². The number of nitrogens with zero attached hydrogens (tertiary/aromatic N) is 4. The van der Waals surface area contributed by atoms with E-state index in [1.165, 1.54) is 11.7 Å². The van der Waals surface area contributed by atoms with E-state index in [1.54, 1.807) is 0 Å². The molecule has 1 fully saturated rings. The Bertz CT molecular complexity index is 353. The summed E-state index contributed by atoms with van der Waals surface area (Å²) in [5.41, 5.74) is 0. The molecule has 0 unspecified atom stereocenters. The van der Waals surface area contributed by atoms with Gasteiger partial charge in [-0.1, -0.05) is 0 Å². The van der Waals surface area contributed by atoms with E-state index in [1.807, 2.05) is 6.92 Å². The van der Waals surface area contributed by atoms with Crippen LogP contribution in [-0.2, 0) is 4.74 Å². The Labute approximate surface area is 112 Å². The molecule has 0 atom stereocenters. The van der Waals surface area contributed by atoms with Gasteiger partial charge in [0, 0.05) is 32.8 Å². The normalized spacial score (nSPS) is 17.1. The number of piperazine rings is 1. The molecule has 2 heterocycles. The van der Waals surface area contributed by atoms with Crippen LogP contribution in [0.3, 0.4) is 0 Å². The van der Waals surface area contributed by atoms with Gasteiger partial charge in [0.15, 0.2) is 0 Å². The molecule has 1 aromatic rings. The van der Waals surface area contributed by atoms with Gasteiger partial charge in [0.2, 0.25) is 5.82 Å². The highest BCUT2D eigenvalue weighted by atomic mass is 32.1. The van der Waals surface area contributed by atoms with E-state index in [4.69, 9.17) is 9.47 Å². The fourth-order valence-corrected chi connectivity index (χ4v) is 2.34. The molecule has 2 rings (SSSR count). The average molecular weight is 272 g/mol. The fourth-order valence-electron chi connectivity index (χ4n) is 1.82. The fraction of sp³-hybridized carbons (Fsp3) is 0.818. The van der Waals surface area contributed by atoms with Crippen molar-refractivity contribution >= 4 is 17.5 Å². The lowest BCUT2D eigenvalue weighted by atomic mass is 10.3. The molecule has 1 aromatic heterocycles. The van der Waals surface area contributed by atoms with Gasteiger partial charge in [0.1, 0.15) is 6.61 Å². The van der Waals surface area contributed by atoms with Gasteiger partial charge >= 0.3 is 0 Å². The minimum Gasteiger partial charge on any atom is -0.472 e. The summed E-state index contributed by atoms with van der Waals surface area (Å²) in [7, 11) is 2.14. The first kappa shape index (κ1) is 13.5. The Kier molecular flexibility index (Phi) is 5.15. The first-order chi connectivity index (χ1) is 8.81. The summed E-state index contributed by atoms with van der Waals surface area (Å²) < 4.78 is 19.4. The number of anilines is 1. The summed E-state index contributed by atoms with van der Waals surface area (Å²) in [5, 5.41) is 0. The number of ether oxygens (including phenoxy) is 2. The minimum absolute atomic E-state index is 0.528. The zero-order valence-electron chi connectivity index (χ0n) is 11.0. The molecule has 0 N–H and O–H groups in total. The largest absolute Gasteiger partial charge is 0.472 e. The highest BCUT2D eigenvalue weighted by molar-refractivity contribution is 6.99. The van der Waals surface area contributed by atoms with Crippen molar-refractivity contribution in [3.63, 3.8) is 0 Å². The molecular formula is C11H20N4O2S. The van der Waals surface area contributed by atoms with E-state index >= 15 is 0 Å². The highest BCUT2D eigenvalue weighted by Gasteiger charge is 2.21. The zero-order chi connectivity index (χ0) is 12.8. The van der Waals surface area contributed by atoms with Crippen LogP contribution in [0.15, 0.2) is 0 Å². The highest BCUT2D eigenvalue weighted by Crippen LogP contribution is 2.26. The third kappa shape index (κ3) is 3.54. The second kappa shape index (κ2) is 6.86. The maximum atomic E-state index is 5.62. The molecule has 0 aliphatic carbocycles. The number of aromatic nitrogens is 2. The third-order valence-corrected chi connectivity index (χ3v) is 3.42. The monoisotopic (exact) mass is 272 g/mol. The Hall–Kier alpha value is -0.920. The van der Waals surface area contributed by atoms with Gasteiger partial charge in [-0.3, -0.25) is 0 Å². The predicted octanol–water partition coefficient (Wildman–Crippen LogP) is 0.705. The molecule has 7 heteroatoms. The summed E-state index contributed by atoms with van der Waals surface area (Å²) in [4.78, 5) is 4.55. The van der Waals surface area contributed by atoms with E-state index in [-0.39, 0.29) is 0 Å². The predicted molar refractivity (Wildman–Crippen MR) is 71.6 cm³/mol. The van der Waals surface area contributed by atoms with Crippen LogP contribution in [0.25, 0.3) is 0 Å². The SMILES string of the molecule is CCOCCOc1nsnc1N1CCN(C)CC1. The summed E-state index contributed by atoms with van der Waals surface area (Å²) in [5.74, 6) is 1.52. The third-order valence-electron chi connectivity index (χ3n) is 2.92. The van der Waals surface area contributed by atoms with Crippen molar-refractivity contribution in [2.45, 2.75) is 6.92 Å². The van der Waals surface area contributed by atoms with Crippen molar-refractivity contribution in [1.82, 2.24) is 13.6 Å². The zero-order valence-corrected chi connectivity index (χ0v) is 11.8. The van der Waals surface area contributed by atoms with Gasteiger partial charge in [-0.25, -0.2) is 0 Å². The van der Waals surface area contributed by atoms with Crippen molar-refractivity contribution in [3.8, 4) is 5.88 Å². The number of likely N-dealkylation sites (N-methyl/N-ethyl adjacent to an activating group) is 1. The molecule has 0 spiro atoms. The lowest BCUT2D eigenvalue weighted by molar-refractivity contribution is 0.109. The molecular weight excluding hydrogens is 252 g/mol. The molecule has 0 bridgehead atoms. The second-order valence-corrected chi connectivity index (χ2v) is 4.76. The molecule has 0 saturated carbocycles. The van der Waals surface area contributed by atoms with Gasteiger partial charge < -0.3 is 19.3 Å². The molecule has 102 valence electrons. The van der Waals surface area contributed by atoms with E-state index < -0.39 is 0 Å². The summed E-state index contributed by atoms with van der Waals surface area (Å²) in [6.45, 7) is 7.86. The van der Waals surface area contributed by atoms with E-state index in [0.29, 0.717) is 25.7 Å². The maximum Gasteiger partial charge on any atom is 0.270 e. The van der Waals surface area contributed by atoms with E-state index in [0.717, 1.165) is 32.0 Å². The Morgan fingerprint density at radius 2 is 1.94 bits per heavy atom. The smallest absolute Gasteiger partial charge is 0.270 e. The molecule has 0 radical (unpaired) electrons. The van der Waals surface area contributed by atoms with Crippen molar-refractivity contribution in [1.29, 1.82) is 0 Å². The number of hydrogen-bond donors (Lipinski definition) is 0. The summed E-state index contributed by atoms with van der Waals surface area (Å²) >= 11 is 1.20. The van der Waals surface area contributed by atoms with E-state index in [2.05, 4.69) is 25.6 Å². The Morgan fingerprint density at radius 1 is 1.17 bits per heavy atom. The first-order valence-corrected chi connectivity index (χ1v) is 7.01. The summed E-state index contributed by atoms with van der Waals surface area (Å²) in [6.07, 6.45) is 0. The summed E-state index contributed by atoms with van der Waals surface area (Å²) in [6, 6.07) is 0. The van der Waals surface area contributed by atoms with Crippen LogP contribution >= 0.6 is 11.7 Å². The van der Waals surface area contributed by atoms with Crippen molar-refractivity contribution in [2.24, 2.45) is 0 Å². The van der Waals surface area contributed by atoms with Gasteiger partial charge in [-0.2, -0.15) is 4.37 Å². The molecule has 6 nitrogen and oxygen atoms in total. The van der Waals surface area contributed by atoms with Crippen LogP contribution < -0.4 is 9.64 Å². The van der Waals surface area contributed by atoms with Crippen LogP contribution in [0, 0.1) is 0 Å². The Balaban J connectivity index is 1.87. The van der Waals surface area contributed by atoms with Crippen LogP contribution in [0.1, 0.15) is 6.92 Å². The van der Waals surface area contributed by atoms with Gasteiger partial charge in [0.25, 0.3) is 5.88 Å². The molecule has 1 aliphatic heterocycles. The van der Waals surface area contributed by atoms with Crippen molar-refractivity contribution in [3.05, 3.63) is 0 Å². The van der Waals surface area contributed by atoms with Crippen LogP contribution in [0.4, 0.5) is 5.82 Å². The molecule has 0 amide bonds. The standard InChI is InChI=1S/C11H20N4O2S/c1-3-16-8-9-17-11-10(12-18-13-11)15-6-4-14(2)5-7-15/h3-9H2,1-2H3. The van der Waals surface area contributed by atoms with Crippen LogP contribution in [0.5, 0.6) is 5.88 Å². The lowest BCUT2D eigenvalue weighted by Crippen LogP contribution is -2.44. The number of rotatable bonds is 6. The molecule has 1 aliphatic rings.